The minimum Gasteiger partial charge on any atom is -0.497 e. The molecule has 1 amide bonds. The van der Waals surface area contributed by atoms with Crippen LogP contribution >= 0.6 is 0 Å². The Labute approximate surface area is 126 Å². The quantitative estimate of drug-likeness (QED) is 0.646. The Morgan fingerprint density at radius 3 is 2.95 bits per heavy atom. The maximum atomic E-state index is 12.1. The molecule has 0 spiro atoms. The molecule has 2 rings (SSSR count). The second-order valence-corrected chi connectivity index (χ2v) is 4.68. The first-order valence-electron chi connectivity index (χ1n) is 6.60. The van der Waals surface area contributed by atoms with Gasteiger partial charge in [0.1, 0.15) is 24.2 Å². The van der Waals surface area contributed by atoms with Gasteiger partial charge in [-0.25, -0.2) is 0 Å². The molecule has 116 valence electrons. The van der Waals surface area contributed by atoms with Crippen LogP contribution in [0.5, 0.6) is 5.75 Å². The van der Waals surface area contributed by atoms with Crippen LogP contribution in [0.1, 0.15) is 18.5 Å². The van der Waals surface area contributed by atoms with Crippen molar-refractivity contribution in [3.63, 3.8) is 0 Å². The van der Waals surface area contributed by atoms with Crippen LogP contribution in [0.4, 0.5) is 5.69 Å². The average molecular weight is 304 g/mol. The summed E-state index contributed by atoms with van der Waals surface area (Å²) in [6.07, 6.45) is 2.35. The number of aromatic nitrogens is 2. The molecule has 0 unspecified atom stereocenters. The molecule has 0 aliphatic carbocycles. The topological polar surface area (TPSA) is 99.3 Å². The second kappa shape index (κ2) is 6.70. The Hall–Kier alpha value is -2.90. The van der Waals surface area contributed by atoms with E-state index >= 15 is 0 Å². The van der Waals surface area contributed by atoms with E-state index in [1.807, 2.05) is 24.3 Å². The Kier molecular flexibility index (Phi) is 4.72. The van der Waals surface area contributed by atoms with E-state index in [4.69, 9.17) is 4.74 Å². The lowest BCUT2D eigenvalue weighted by Gasteiger charge is -2.12. The number of hydrogen-bond donors (Lipinski definition) is 1. The van der Waals surface area contributed by atoms with Gasteiger partial charge in [0.05, 0.1) is 12.0 Å². The summed E-state index contributed by atoms with van der Waals surface area (Å²) < 4.78 is 6.38. The minimum atomic E-state index is -0.640. The van der Waals surface area contributed by atoms with Crippen LogP contribution in [0.3, 0.4) is 0 Å². The van der Waals surface area contributed by atoms with Crippen molar-refractivity contribution >= 4 is 11.6 Å². The standard InChI is InChI=1S/C14H16N4O4/c1-10(17-9-12(8-16-17)18(20)21)14(19)15-7-11-4-3-5-13(6-11)22-2/h3-6,8-10H,7H2,1-2H3,(H,15,19)/t10-/m0/s1. The number of methoxy groups -OCH3 is 1. The zero-order valence-electron chi connectivity index (χ0n) is 12.2. The summed E-state index contributed by atoms with van der Waals surface area (Å²) in [6.45, 7) is 1.96. The number of amides is 1. The van der Waals surface area contributed by atoms with E-state index < -0.39 is 11.0 Å². The summed E-state index contributed by atoms with van der Waals surface area (Å²) in [5.41, 5.74) is 0.749. The first kappa shape index (κ1) is 15.5. The SMILES string of the molecule is COc1cccc(CNC(=O)[C@H](C)n2cc([N+](=O)[O-])cn2)c1. The van der Waals surface area contributed by atoms with Crippen molar-refractivity contribution in [1.29, 1.82) is 0 Å². The van der Waals surface area contributed by atoms with Crippen LogP contribution < -0.4 is 10.1 Å². The fourth-order valence-corrected chi connectivity index (χ4v) is 1.87. The number of ether oxygens (including phenoxy) is 1. The van der Waals surface area contributed by atoms with E-state index in [2.05, 4.69) is 10.4 Å². The number of rotatable bonds is 6. The molecule has 0 bridgehead atoms. The molecule has 1 N–H and O–H groups in total. The van der Waals surface area contributed by atoms with E-state index in [0.29, 0.717) is 12.3 Å². The molecule has 0 aliphatic heterocycles. The van der Waals surface area contributed by atoms with E-state index in [0.717, 1.165) is 11.8 Å². The number of nitrogens with one attached hydrogen (secondary N) is 1. The predicted molar refractivity (Wildman–Crippen MR) is 78.4 cm³/mol. The summed E-state index contributed by atoms with van der Waals surface area (Å²) in [6, 6.07) is 6.70. The molecule has 2 aromatic rings. The second-order valence-electron chi connectivity index (χ2n) is 4.68. The van der Waals surface area contributed by atoms with Gasteiger partial charge in [-0.05, 0) is 24.6 Å². The molecule has 22 heavy (non-hydrogen) atoms. The van der Waals surface area contributed by atoms with Gasteiger partial charge in [0, 0.05) is 6.54 Å². The van der Waals surface area contributed by atoms with Crippen molar-refractivity contribution in [2.45, 2.75) is 19.5 Å². The summed E-state index contributed by atoms with van der Waals surface area (Å²) >= 11 is 0. The molecule has 1 aromatic carbocycles. The van der Waals surface area contributed by atoms with Gasteiger partial charge in [-0.3, -0.25) is 19.6 Å². The number of benzene rings is 1. The molecular formula is C14H16N4O4. The minimum absolute atomic E-state index is 0.146. The van der Waals surface area contributed by atoms with Crippen LogP contribution in [0.2, 0.25) is 0 Å². The van der Waals surface area contributed by atoms with Gasteiger partial charge in [-0.15, -0.1) is 0 Å². The van der Waals surface area contributed by atoms with Gasteiger partial charge in [0.25, 0.3) is 0 Å². The number of carbonyl (C=O) groups is 1. The summed E-state index contributed by atoms with van der Waals surface area (Å²) in [5.74, 6) is 0.434. The van der Waals surface area contributed by atoms with Gasteiger partial charge in [0.15, 0.2) is 0 Å². The molecule has 0 aliphatic rings. The zero-order chi connectivity index (χ0) is 16.1. The zero-order valence-corrected chi connectivity index (χ0v) is 12.2. The highest BCUT2D eigenvalue weighted by atomic mass is 16.6. The van der Waals surface area contributed by atoms with Gasteiger partial charge in [-0.1, -0.05) is 12.1 Å². The average Bonchev–Trinajstić information content (AvgIpc) is 3.02. The lowest BCUT2D eigenvalue weighted by Crippen LogP contribution is -2.30. The Balaban J connectivity index is 1.97. The van der Waals surface area contributed by atoms with Crippen LogP contribution in [0.25, 0.3) is 0 Å². The highest BCUT2D eigenvalue weighted by Gasteiger charge is 2.18. The first-order chi connectivity index (χ1) is 10.5. The van der Waals surface area contributed by atoms with E-state index in [-0.39, 0.29) is 11.6 Å². The molecule has 8 heteroatoms. The van der Waals surface area contributed by atoms with Crippen LogP contribution in [-0.2, 0) is 11.3 Å². The molecule has 1 heterocycles. The normalized spacial score (nSPS) is 11.7. The molecule has 1 aromatic heterocycles. The third-order valence-corrected chi connectivity index (χ3v) is 3.18. The van der Waals surface area contributed by atoms with Crippen molar-refractivity contribution < 1.29 is 14.5 Å². The lowest BCUT2D eigenvalue weighted by molar-refractivity contribution is -0.385. The highest BCUT2D eigenvalue weighted by molar-refractivity contribution is 5.79. The van der Waals surface area contributed by atoms with Crippen molar-refractivity contribution in [3.8, 4) is 5.75 Å². The van der Waals surface area contributed by atoms with Gasteiger partial charge in [-0.2, -0.15) is 5.10 Å². The maximum absolute atomic E-state index is 12.1. The van der Waals surface area contributed by atoms with Crippen molar-refractivity contribution in [1.82, 2.24) is 15.1 Å². The van der Waals surface area contributed by atoms with Crippen molar-refractivity contribution in [2.75, 3.05) is 7.11 Å². The molecule has 0 saturated carbocycles. The van der Waals surface area contributed by atoms with Crippen molar-refractivity contribution in [3.05, 3.63) is 52.3 Å². The number of carbonyl (C=O) groups excluding carboxylic acids is 1. The third kappa shape index (κ3) is 3.60. The monoisotopic (exact) mass is 304 g/mol. The van der Waals surface area contributed by atoms with Gasteiger partial charge < -0.3 is 10.1 Å². The maximum Gasteiger partial charge on any atom is 0.307 e. The molecule has 0 saturated heterocycles. The van der Waals surface area contributed by atoms with Crippen LogP contribution in [-0.4, -0.2) is 27.7 Å². The molecule has 0 fully saturated rings. The molecule has 8 nitrogen and oxygen atoms in total. The van der Waals surface area contributed by atoms with Crippen LogP contribution in [0, 0.1) is 10.1 Å². The Morgan fingerprint density at radius 2 is 2.32 bits per heavy atom. The lowest BCUT2D eigenvalue weighted by atomic mass is 10.2. The third-order valence-electron chi connectivity index (χ3n) is 3.18. The number of nitro groups is 1. The molecule has 0 radical (unpaired) electrons. The Morgan fingerprint density at radius 1 is 1.55 bits per heavy atom. The largest absolute Gasteiger partial charge is 0.497 e. The highest BCUT2D eigenvalue weighted by Crippen LogP contribution is 2.14. The van der Waals surface area contributed by atoms with E-state index in [9.17, 15) is 14.9 Å². The molecular weight excluding hydrogens is 288 g/mol. The van der Waals surface area contributed by atoms with E-state index in [1.54, 1.807) is 14.0 Å². The summed E-state index contributed by atoms with van der Waals surface area (Å²) in [7, 11) is 1.57. The fraction of sp³-hybridized carbons (Fsp3) is 0.286. The van der Waals surface area contributed by atoms with Gasteiger partial charge >= 0.3 is 5.69 Å². The summed E-state index contributed by atoms with van der Waals surface area (Å²) in [4.78, 5) is 22.1. The molecule has 1 atom stereocenters. The Bertz CT molecular complexity index is 683. The van der Waals surface area contributed by atoms with Gasteiger partial charge in [0.2, 0.25) is 5.91 Å². The first-order valence-corrected chi connectivity index (χ1v) is 6.60. The van der Waals surface area contributed by atoms with Crippen molar-refractivity contribution in [2.24, 2.45) is 0 Å². The number of nitrogens with zero attached hydrogens (tertiary/aromatic N) is 3. The number of hydrogen-bond acceptors (Lipinski definition) is 5. The smallest absolute Gasteiger partial charge is 0.307 e. The predicted octanol–water partition coefficient (Wildman–Crippen LogP) is 1.68. The van der Waals surface area contributed by atoms with Crippen LogP contribution in [0.15, 0.2) is 36.7 Å². The fourth-order valence-electron chi connectivity index (χ4n) is 1.87. The van der Waals surface area contributed by atoms with E-state index in [1.165, 1.54) is 10.9 Å². The summed E-state index contributed by atoms with van der Waals surface area (Å²) in [5, 5.41) is 17.2.